The van der Waals surface area contributed by atoms with Gasteiger partial charge in [0.2, 0.25) is 0 Å². The molecule has 0 heterocycles. The highest BCUT2D eigenvalue weighted by Gasteiger charge is 2.27. The number of nitrogens with two attached hydrogens (primary N) is 1. The Morgan fingerprint density at radius 2 is 1.67 bits per heavy atom. The summed E-state index contributed by atoms with van der Waals surface area (Å²) in [4.78, 5) is 0.437. The maximum Gasteiger partial charge on any atom is 0.179 e. The third kappa shape index (κ3) is 3.12. The Balaban J connectivity index is 3.27. The molecule has 102 valence electrons. The Kier molecular flexibility index (Phi) is 4.23. The molecule has 1 aromatic rings. The van der Waals surface area contributed by atoms with Gasteiger partial charge in [-0.25, -0.2) is 8.42 Å². The molecule has 0 unspecified atom stereocenters. The smallest absolute Gasteiger partial charge is 0.179 e. The Morgan fingerprint density at radius 3 is 2.17 bits per heavy atom. The molecule has 2 N–H and O–H groups in total. The van der Waals surface area contributed by atoms with Crippen LogP contribution in [0.1, 0.15) is 30.5 Å². The van der Waals surface area contributed by atoms with E-state index in [0.717, 1.165) is 16.7 Å². The fourth-order valence-electron chi connectivity index (χ4n) is 1.92. The molecule has 0 aliphatic heterocycles. The zero-order chi connectivity index (χ0) is 14.1. The van der Waals surface area contributed by atoms with E-state index in [2.05, 4.69) is 0 Å². The van der Waals surface area contributed by atoms with E-state index in [1.54, 1.807) is 6.07 Å². The van der Waals surface area contributed by atoms with Gasteiger partial charge >= 0.3 is 0 Å². The van der Waals surface area contributed by atoms with Gasteiger partial charge in [0.25, 0.3) is 0 Å². The topological polar surface area (TPSA) is 60.2 Å². The first kappa shape index (κ1) is 15.2. The summed E-state index contributed by atoms with van der Waals surface area (Å²) in [5, 5.41) is 0. The quantitative estimate of drug-likeness (QED) is 0.913. The van der Waals surface area contributed by atoms with Crippen molar-refractivity contribution in [1.29, 1.82) is 0 Å². The normalized spacial score (nSPS) is 12.8. The third-order valence-electron chi connectivity index (χ3n) is 3.48. The van der Waals surface area contributed by atoms with Crippen molar-refractivity contribution in [3.05, 3.63) is 28.8 Å². The number of hydrogen-bond acceptors (Lipinski definition) is 3. The van der Waals surface area contributed by atoms with Crippen molar-refractivity contribution in [3.8, 4) is 0 Å². The number of benzene rings is 1. The van der Waals surface area contributed by atoms with E-state index in [-0.39, 0.29) is 5.75 Å². The lowest BCUT2D eigenvalue weighted by molar-refractivity contribution is 0.425. The summed E-state index contributed by atoms with van der Waals surface area (Å²) in [5.74, 6) is 0.0832. The van der Waals surface area contributed by atoms with Crippen molar-refractivity contribution in [2.24, 2.45) is 11.1 Å². The van der Waals surface area contributed by atoms with Crippen LogP contribution in [0.25, 0.3) is 0 Å². The van der Waals surface area contributed by atoms with Gasteiger partial charge < -0.3 is 5.73 Å². The molecule has 0 radical (unpaired) electrons. The minimum atomic E-state index is -3.28. The predicted molar refractivity (Wildman–Crippen MR) is 75.5 cm³/mol. The largest absolute Gasteiger partial charge is 0.330 e. The van der Waals surface area contributed by atoms with Crippen LogP contribution in [0.15, 0.2) is 17.0 Å². The molecule has 0 aromatic heterocycles. The Labute approximate surface area is 110 Å². The average Bonchev–Trinajstić information content (AvgIpc) is 2.24. The molecule has 1 rings (SSSR count). The van der Waals surface area contributed by atoms with Gasteiger partial charge in [-0.15, -0.1) is 0 Å². The molecular formula is C14H23NO2S. The molecular weight excluding hydrogens is 246 g/mol. The van der Waals surface area contributed by atoms with Crippen molar-refractivity contribution < 1.29 is 8.42 Å². The molecule has 0 amide bonds. The second-order valence-electron chi connectivity index (χ2n) is 5.76. The molecule has 0 spiro atoms. The molecule has 0 aliphatic carbocycles. The maximum absolute atomic E-state index is 12.4. The van der Waals surface area contributed by atoms with E-state index < -0.39 is 15.3 Å². The number of hydrogen-bond donors (Lipinski definition) is 1. The van der Waals surface area contributed by atoms with Gasteiger partial charge in [0.05, 0.1) is 10.6 Å². The van der Waals surface area contributed by atoms with Crippen molar-refractivity contribution in [1.82, 2.24) is 0 Å². The van der Waals surface area contributed by atoms with Crippen LogP contribution in [-0.4, -0.2) is 20.7 Å². The molecule has 18 heavy (non-hydrogen) atoms. The predicted octanol–water partition coefficient (Wildman–Crippen LogP) is 2.37. The van der Waals surface area contributed by atoms with Crippen molar-refractivity contribution in [3.63, 3.8) is 0 Å². The molecule has 0 fully saturated rings. The van der Waals surface area contributed by atoms with Crippen LogP contribution in [0.2, 0.25) is 0 Å². The maximum atomic E-state index is 12.4. The zero-order valence-corrected chi connectivity index (χ0v) is 12.7. The minimum absolute atomic E-state index is 0.0832. The van der Waals surface area contributed by atoms with E-state index in [9.17, 15) is 8.42 Å². The van der Waals surface area contributed by atoms with E-state index in [1.165, 1.54) is 0 Å². The fourth-order valence-corrected chi connectivity index (χ4v) is 4.12. The van der Waals surface area contributed by atoms with Gasteiger partial charge in [0.15, 0.2) is 9.84 Å². The van der Waals surface area contributed by atoms with Crippen LogP contribution < -0.4 is 5.73 Å². The van der Waals surface area contributed by atoms with Crippen molar-refractivity contribution in [2.75, 3.05) is 12.3 Å². The number of aryl methyl sites for hydroxylation is 1. The van der Waals surface area contributed by atoms with Crippen LogP contribution >= 0.6 is 0 Å². The Hall–Kier alpha value is -0.870. The Morgan fingerprint density at radius 1 is 1.11 bits per heavy atom. The van der Waals surface area contributed by atoms with E-state index in [4.69, 9.17) is 5.73 Å². The summed E-state index contributed by atoms with van der Waals surface area (Å²) in [7, 11) is -3.28. The highest BCUT2D eigenvalue weighted by molar-refractivity contribution is 7.91. The zero-order valence-electron chi connectivity index (χ0n) is 11.9. The number of rotatable bonds is 4. The van der Waals surface area contributed by atoms with Crippen LogP contribution in [0.5, 0.6) is 0 Å². The van der Waals surface area contributed by atoms with Gasteiger partial charge in [0.1, 0.15) is 0 Å². The summed E-state index contributed by atoms with van der Waals surface area (Å²) in [6.45, 7) is 9.92. The van der Waals surface area contributed by atoms with E-state index in [1.807, 2.05) is 40.7 Å². The summed E-state index contributed by atoms with van der Waals surface area (Å²) in [6.07, 6.45) is 0. The molecule has 4 heteroatoms. The second-order valence-corrected chi connectivity index (χ2v) is 7.72. The van der Waals surface area contributed by atoms with E-state index >= 15 is 0 Å². The van der Waals surface area contributed by atoms with Crippen LogP contribution in [-0.2, 0) is 9.84 Å². The molecule has 0 saturated heterocycles. The summed E-state index contributed by atoms with van der Waals surface area (Å²) < 4.78 is 24.9. The van der Waals surface area contributed by atoms with Crippen LogP contribution in [0, 0.1) is 26.2 Å². The number of sulfone groups is 1. The fraction of sp³-hybridized carbons (Fsp3) is 0.571. The minimum Gasteiger partial charge on any atom is -0.330 e. The standard InChI is InChI=1S/C14H23NO2S/c1-10-6-7-13(12(3)11(10)2)18(16,17)9-14(4,5)8-15/h6-7H,8-9,15H2,1-5H3. The van der Waals surface area contributed by atoms with Crippen molar-refractivity contribution in [2.45, 2.75) is 39.5 Å². The van der Waals surface area contributed by atoms with Gasteiger partial charge in [-0.05, 0) is 55.5 Å². The first-order valence-corrected chi connectivity index (χ1v) is 7.75. The summed E-state index contributed by atoms with van der Waals surface area (Å²) in [5.41, 5.74) is 8.23. The average molecular weight is 269 g/mol. The van der Waals surface area contributed by atoms with Gasteiger partial charge in [-0.3, -0.25) is 0 Å². The van der Waals surface area contributed by atoms with Gasteiger partial charge in [0, 0.05) is 0 Å². The highest BCUT2D eigenvalue weighted by atomic mass is 32.2. The summed E-state index contributed by atoms with van der Waals surface area (Å²) in [6, 6.07) is 3.57. The molecule has 1 aromatic carbocycles. The Bertz CT molecular complexity index is 545. The lowest BCUT2D eigenvalue weighted by Crippen LogP contribution is -2.32. The molecule has 0 atom stereocenters. The van der Waals surface area contributed by atoms with Gasteiger partial charge in [-0.1, -0.05) is 19.9 Å². The monoisotopic (exact) mass is 269 g/mol. The lowest BCUT2D eigenvalue weighted by Gasteiger charge is -2.23. The SMILES string of the molecule is Cc1ccc(S(=O)(=O)CC(C)(C)CN)c(C)c1C. The van der Waals surface area contributed by atoms with Gasteiger partial charge in [-0.2, -0.15) is 0 Å². The molecule has 3 nitrogen and oxygen atoms in total. The van der Waals surface area contributed by atoms with Crippen LogP contribution in [0.4, 0.5) is 0 Å². The molecule has 0 saturated carbocycles. The molecule has 0 aliphatic rings. The lowest BCUT2D eigenvalue weighted by atomic mass is 9.97. The first-order chi connectivity index (χ1) is 8.10. The van der Waals surface area contributed by atoms with E-state index in [0.29, 0.717) is 11.4 Å². The second kappa shape index (κ2) is 5.02. The first-order valence-electron chi connectivity index (χ1n) is 6.10. The highest BCUT2D eigenvalue weighted by Crippen LogP contribution is 2.26. The van der Waals surface area contributed by atoms with Crippen LogP contribution in [0.3, 0.4) is 0 Å². The van der Waals surface area contributed by atoms with Crippen molar-refractivity contribution >= 4 is 9.84 Å². The molecule has 0 bridgehead atoms. The third-order valence-corrected chi connectivity index (χ3v) is 5.75. The summed E-state index contributed by atoms with van der Waals surface area (Å²) >= 11 is 0.